The van der Waals surface area contributed by atoms with Crippen LogP contribution in [0.3, 0.4) is 0 Å². The van der Waals surface area contributed by atoms with E-state index in [-0.39, 0.29) is 38.2 Å². The molecule has 0 aromatic heterocycles. The topological polar surface area (TPSA) is 87.7 Å². The number of hydrogen-bond acceptors (Lipinski definition) is 5. The molecule has 12 heteroatoms. The lowest BCUT2D eigenvalue weighted by Gasteiger charge is -2.35. The number of nitrogens with one attached hydrogen (secondary N) is 2. The highest BCUT2D eigenvalue weighted by atomic mass is 35.5. The molecule has 2 aliphatic rings. The first kappa shape index (κ1) is 24.5. The molecule has 2 aromatic carbocycles. The van der Waals surface area contributed by atoms with E-state index in [1.54, 1.807) is 24.3 Å². The Hall–Kier alpha value is -2.60. The summed E-state index contributed by atoms with van der Waals surface area (Å²) in [5.41, 5.74) is 1.72. The van der Waals surface area contributed by atoms with Gasteiger partial charge in [0.05, 0.1) is 10.5 Å². The van der Waals surface area contributed by atoms with Gasteiger partial charge in [0, 0.05) is 24.7 Å². The average Bonchev–Trinajstić information content (AvgIpc) is 3.21. The zero-order valence-corrected chi connectivity index (χ0v) is 19.3. The van der Waals surface area contributed by atoms with Crippen molar-refractivity contribution in [1.29, 1.82) is 0 Å². The van der Waals surface area contributed by atoms with Crippen LogP contribution in [0.15, 0.2) is 65.2 Å². The molecule has 0 saturated carbocycles. The second-order valence-electron chi connectivity index (χ2n) is 8.07. The van der Waals surface area contributed by atoms with Gasteiger partial charge in [-0.05, 0) is 54.8 Å². The lowest BCUT2D eigenvalue weighted by Crippen LogP contribution is -2.46. The third-order valence-electron chi connectivity index (χ3n) is 5.73. The molecule has 1 fully saturated rings. The number of carbonyl (C=O) groups excluding carboxylic acids is 1. The van der Waals surface area contributed by atoms with Gasteiger partial charge in [0.1, 0.15) is 11.3 Å². The quantitative estimate of drug-likeness (QED) is 0.635. The number of hydroxylamine groups is 1. The lowest BCUT2D eigenvalue weighted by atomic mass is 9.92. The molecule has 1 amide bonds. The van der Waals surface area contributed by atoms with Crippen molar-refractivity contribution < 1.29 is 31.2 Å². The fourth-order valence-electron chi connectivity index (χ4n) is 3.85. The minimum Gasteiger partial charge on any atom is -0.347 e. The summed E-state index contributed by atoms with van der Waals surface area (Å²) in [5.74, 6) is -0.393. The van der Waals surface area contributed by atoms with Crippen molar-refractivity contribution in [3.8, 4) is 0 Å². The van der Waals surface area contributed by atoms with Crippen molar-refractivity contribution in [2.75, 3.05) is 13.1 Å². The van der Waals surface area contributed by atoms with E-state index < -0.39 is 38.2 Å². The largest absolute Gasteiger partial charge is 0.416 e. The second-order valence-corrected chi connectivity index (χ2v) is 10.4. The van der Waals surface area contributed by atoms with Crippen LogP contribution in [0.4, 0.5) is 13.2 Å². The lowest BCUT2D eigenvalue weighted by molar-refractivity contribution is -0.137. The number of carbonyl (C=O) groups is 1. The Bertz CT molecular complexity index is 1230. The van der Waals surface area contributed by atoms with Crippen molar-refractivity contribution in [3.05, 3.63) is 76.5 Å². The van der Waals surface area contributed by atoms with Crippen LogP contribution in [-0.4, -0.2) is 37.3 Å². The Labute approximate surface area is 199 Å². The van der Waals surface area contributed by atoms with E-state index in [9.17, 15) is 26.4 Å². The first-order valence-corrected chi connectivity index (χ1v) is 12.2. The SMILES string of the molecule is O=C(NCc1cccc(Cl)c1)C1=CC2(CCN(S(=O)(=O)c3cccc(C(F)(F)F)c3)CC2)ON1. The zero-order chi connectivity index (χ0) is 24.6. The van der Waals surface area contributed by atoms with Gasteiger partial charge in [-0.15, -0.1) is 0 Å². The van der Waals surface area contributed by atoms with Gasteiger partial charge in [-0.25, -0.2) is 8.42 Å². The van der Waals surface area contributed by atoms with E-state index >= 15 is 0 Å². The van der Waals surface area contributed by atoms with Gasteiger partial charge in [0.25, 0.3) is 5.91 Å². The third kappa shape index (κ3) is 5.22. The molecule has 0 radical (unpaired) electrons. The van der Waals surface area contributed by atoms with Crippen LogP contribution in [0, 0.1) is 0 Å². The molecule has 2 aromatic rings. The molecular formula is C22H21ClF3N3O4S. The number of amides is 1. The summed E-state index contributed by atoms with van der Waals surface area (Å²) < 4.78 is 65.9. The van der Waals surface area contributed by atoms with Crippen LogP contribution in [0.25, 0.3) is 0 Å². The summed E-state index contributed by atoms with van der Waals surface area (Å²) in [6.45, 7) is 0.302. The van der Waals surface area contributed by atoms with Gasteiger partial charge in [-0.1, -0.05) is 29.8 Å². The Morgan fingerprint density at radius 2 is 1.85 bits per heavy atom. The third-order valence-corrected chi connectivity index (χ3v) is 7.86. The van der Waals surface area contributed by atoms with E-state index in [2.05, 4.69) is 10.8 Å². The maximum atomic E-state index is 13.0. The van der Waals surface area contributed by atoms with Gasteiger partial charge >= 0.3 is 6.18 Å². The van der Waals surface area contributed by atoms with Crippen molar-refractivity contribution in [2.24, 2.45) is 0 Å². The minimum absolute atomic E-state index is 0.0220. The summed E-state index contributed by atoms with van der Waals surface area (Å²) in [4.78, 5) is 17.7. The molecule has 34 heavy (non-hydrogen) atoms. The molecule has 182 valence electrons. The Balaban J connectivity index is 1.39. The van der Waals surface area contributed by atoms with Gasteiger partial charge in [-0.3, -0.25) is 15.1 Å². The number of nitrogens with zero attached hydrogens (tertiary/aromatic N) is 1. The van der Waals surface area contributed by atoms with Crippen LogP contribution in [0.5, 0.6) is 0 Å². The maximum absolute atomic E-state index is 13.0. The molecule has 1 saturated heterocycles. The van der Waals surface area contributed by atoms with Crippen molar-refractivity contribution >= 4 is 27.5 Å². The summed E-state index contributed by atoms with van der Waals surface area (Å²) in [6, 6.07) is 10.7. The molecule has 0 aliphatic carbocycles. The second kappa shape index (κ2) is 9.21. The summed E-state index contributed by atoms with van der Waals surface area (Å²) >= 11 is 5.94. The molecule has 2 aliphatic heterocycles. The number of rotatable bonds is 5. The number of benzene rings is 2. The fourth-order valence-corrected chi connectivity index (χ4v) is 5.55. The van der Waals surface area contributed by atoms with E-state index in [1.807, 2.05) is 6.07 Å². The van der Waals surface area contributed by atoms with Crippen LogP contribution in [-0.2, 0) is 32.4 Å². The molecule has 0 unspecified atom stereocenters. The highest BCUT2D eigenvalue weighted by molar-refractivity contribution is 7.89. The smallest absolute Gasteiger partial charge is 0.347 e. The van der Waals surface area contributed by atoms with Crippen LogP contribution < -0.4 is 10.8 Å². The van der Waals surface area contributed by atoms with Crippen molar-refractivity contribution in [1.82, 2.24) is 15.1 Å². The summed E-state index contributed by atoms with van der Waals surface area (Å²) in [6.07, 6.45) is -2.57. The number of piperidine rings is 1. The van der Waals surface area contributed by atoms with Crippen LogP contribution in [0.2, 0.25) is 5.02 Å². The number of hydrogen-bond donors (Lipinski definition) is 2. The summed E-state index contributed by atoms with van der Waals surface area (Å²) in [5, 5.41) is 3.31. The van der Waals surface area contributed by atoms with Crippen LogP contribution >= 0.6 is 11.6 Å². The zero-order valence-electron chi connectivity index (χ0n) is 17.7. The number of alkyl halides is 3. The fraction of sp³-hybridized carbons (Fsp3) is 0.318. The van der Waals surface area contributed by atoms with E-state index in [1.165, 1.54) is 0 Å². The Morgan fingerprint density at radius 3 is 2.53 bits per heavy atom. The molecule has 4 rings (SSSR count). The van der Waals surface area contributed by atoms with E-state index in [0.717, 1.165) is 28.1 Å². The monoisotopic (exact) mass is 515 g/mol. The van der Waals surface area contributed by atoms with Gasteiger partial charge in [0.2, 0.25) is 10.0 Å². The van der Waals surface area contributed by atoms with Gasteiger partial charge in [0.15, 0.2) is 0 Å². The predicted octanol–water partition coefficient (Wildman–Crippen LogP) is 3.62. The number of halogens is 4. The first-order valence-electron chi connectivity index (χ1n) is 10.4. The molecule has 0 bridgehead atoms. The summed E-state index contributed by atoms with van der Waals surface area (Å²) in [7, 11) is -4.12. The van der Waals surface area contributed by atoms with Crippen LogP contribution in [0.1, 0.15) is 24.0 Å². The van der Waals surface area contributed by atoms with Crippen molar-refractivity contribution in [3.63, 3.8) is 0 Å². The standard InChI is InChI=1S/C22H21ClF3N3O4S/c23-17-5-1-3-15(11-17)14-27-20(30)19-13-21(33-28-19)7-9-29(10-8-21)34(31,32)18-6-2-4-16(12-18)22(24,25)26/h1-6,11-13,28H,7-10,14H2,(H,27,30). The van der Waals surface area contributed by atoms with Gasteiger partial charge in [-0.2, -0.15) is 17.5 Å². The molecule has 0 atom stereocenters. The highest BCUT2D eigenvalue weighted by Crippen LogP contribution is 2.35. The van der Waals surface area contributed by atoms with Gasteiger partial charge < -0.3 is 5.32 Å². The molecule has 7 nitrogen and oxygen atoms in total. The predicted molar refractivity (Wildman–Crippen MR) is 118 cm³/mol. The Morgan fingerprint density at radius 1 is 1.15 bits per heavy atom. The van der Waals surface area contributed by atoms with Crippen molar-refractivity contribution in [2.45, 2.75) is 36.1 Å². The number of sulfonamides is 1. The molecular weight excluding hydrogens is 495 g/mol. The maximum Gasteiger partial charge on any atom is 0.416 e. The Kier molecular flexibility index (Phi) is 6.65. The molecule has 2 N–H and O–H groups in total. The molecule has 2 heterocycles. The average molecular weight is 516 g/mol. The minimum atomic E-state index is -4.64. The first-order chi connectivity index (χ1) is 16.0. The highest BCUT2D eigenvalue weighted by Gasteiger charge is 2.43. The van der Waals surface area contributed by atoms with E-state index in [4.69, 9.17) is 16.4 Å². The normalized spacial score (nSPS) is 18.4. The van der Waals surface area contributed by atoms with E-state index in [0.29, 0.717) is 11.1 Å². The molecule has 1 spiro atoms.